The lowest BCUT2D eigenvalue weighted by Gasteiger charge is -2.15. The number of nitrogens with two attached hydrogens (primary N) is 2. The third-order valence-electron chi connectivity index (χ3n) is 5.32. The van der Waals surface area contributed by atoms with Gasteiger partial charge < -0.3 is 16.8 Å². The number of hydrogen-bond donors (Lipinski definition) is 3. The predicted molar refractivity (Wildman–Crippen MR) is 131 cm³/mol. The Labute approximate surface area is 193 Å². The number of anilines is 2. The number of nitrogen functional groups attached to an aromatic ring is 1. The molecule has 0 bridgehead atoms. The van der Waals surface area contributed by atoms with Gasteiger partial charge in [-0.2, -0.15) is 0 Å². The van der Waals surface area contributed by atoms with E-state index in [9.17, 15) is 0 Å². The van der Waals surface area contributed by atoms with Crippen molar-refractivity contribution in [1.82, 2.24) is 24.3 Å². The molecule has 1 aliphatic rings. The van der Waals surface area contributed by atoms with Gasteiger partial charge in [-0.3, -0.25) is 4.40 Å². The Morgan fingerprint density at radius 3 is 2.47 bits per heavy atom. The van der Waals surface area contributed by atoms with Crippen LogP contribution in [0.25, 0.3) is 17.0 Å². The third kappa shape index (κ3) is 5.93. The van der Waals surface area contributed by atoms with Crippen molar-refractivity contribution < 1.29 is 0 Å². The largest absolute Gasteiger partial charge is 0.381 e. The molecular weight excluding hydrogens is 424 g/mol. The maximum absolute atomic E-state index is 5.85. The quantitative estimate of drug-likeness (QED) is 0.426. The van der Waals surface area contributed by atoms with Crippen molar-refractivity contribution in [2.24, 2.45) is 5.73 Å². The van der Waals surface area contributed by atoms with Gasteiger partial charge in [0.25, 0.3) is 0 Å². The molecule has 1 fully saturated rings. The van der Waals surface area contributed by atoms with Gasteiger partial charge in [0.05, 0.1) is 17.6 Å². The summed E-state index contributed by atoms with van der Waals surface area (Å²) in [7, 11) is 0. The summed E-state index contributed by atoms with van der Waals surface area (Å²) in [6.45, 7) is 0.661. The molecule has 0 spiro atoms. The molecule has 168 valence electrons. The van der Waals surface area contributed by atoms with Gasteiger partial charge in [0.2, 0.25) is 5.95 Å². The van der Waals surface area contributed by atoms with Crippen LogP contribution in [0.2, 0.25) is 0 Å². The zero-order valence-electron chi connectivity index (χ0n) is 17.9. The summed E-state index contributed by atoms with van der Waals surface area (Å²) < 4.78 is 1.87. The van der Waals surface area contributed by atoms with Gasteiger partial charge in [-0.05, 0) is 24.5 Å². The summed E-state index contributed by atoms with van der Waals surface area (Å²) in [5.74, 6) is 0.952. The molecular formula is C23H29ClN8. The highest BCUT2D eigenvalue weighted by molar-refractivity contribution is 5.85. The first-order chi connectivity index (χ1) is 15.2. The fraction of sp³-hybridized carbons (Fsp3) is 0.304. The van der Waals surface area contributed by atoms with Crippen LogP contribution >= 0.6 is 12.4 Å². The van der Waals surface area contributed by atoms with Crippen LogP contribution in [0.4, 0.5) is 11.8 Å². The highest BCUT2D eigenvalue weighted by Gasteiger charge is 2.10. The molecule has 3 aromatic heterocycles. The van der Waals surface area contributed by atoms with Gasteiger partial charge in [-0.25, -0.2) is 19.9 Å². The Kier molecular flexibility index (Phi) is 8.35. The molecule has 0 aliphatic heterocycles. The van der Waals surface area contributed by atoms with E-state index in [1.54, 1.807) is 18.6 Å². The van der Waals surface area contributed by atoms with Crippen LogP contribution < -0.4 is 16.8 Å². The van der Waals surface area contributed by atoms with Crippen molar-refractivity contribution in [3.8, 4) is 11.4 Å². The molecule has 5 rings (SSSR count). The van der Waals surface area contributed by atoms with Gasteiger partial charge >= 0.3 is 0 Å². The minimum Gasteiger partial charge on any atom is -0.381 e. The third-order valence-corrected chi connectivity index (χ3v) is 5.32. The van der Waals surface area contributed by atoms with E-state index < -0.39 is 0 Å². The van der Waals surface area contributed by atoms with E-state index >= 15 is 0 Å². The molecule has 0 saturated heterocycles. The Bertz CT molecular complexity index is 1110. The molecule has 1 saturated carbocycles. The van der Waals surface area contributed by atoms with Gasteiger partial charge in [0.15, 0.2) is 11.5 Å². The minimum absolute atomic E-state index is 0. The van der Waals surface area contributed by atoms with E-state index in [4.69, 9.17) is 11.5 Å². The highest BCUT2D eigenvalue weighted by Crippen LogP contribution is 2.21. The van der Waals surface area contributed by atoms with Crippen molar-refractivity contribution in [2.45, 2.75) is 44.7 Å². The standard InChI is InChI=1S/C17H15N7.C6H13N.ClH/c18-15-16-21-11-14(24(16)9-8-19-15)13-6-7-20-17(23-13)22-10-12-4-2-1-3-5-12;7-6-4-2-1-3-5-6;/h1-9,11H,10H2,(H2,18,19)(H,20,22,23);6H,1-5,7H2;1H. The van der Waals surface area contributed by atoms with Gasteiger partial charge in [0.1, 0.15) is 0 Å². The van der Waals surface area contributed by atoms with E-state index in [-0.39, 0.29) is 12.4 Å². The summed E-state index contributed by atoms with van der Waals surface area (Å²) in [5, 5.41) is 3.23. The van der Waals surface area contributed by atoms with Gasteiger partial charge in [-0.15, -0.1) is 12.4 Å². The second kappa shape index (κ2) is 11.4. The first-order valence-corrected chi connectivity index (χ1v) is 10.6. The Hall–Kier alpha value is -3.23. The molecule has 1 aliphatic carbocycles. The molecule has 1 aromatic carbocycles. The monoisotopic (exact) mass is 452 g/mol. The number of imidazole rings is 1. The lowest BCUT2D eigenvalue weighted by atomic mass is 9.97. The van der Waals surface area contributed by atoms with E-state index in [1.807, 2.05) is 34.9 Å². The molecule has 3 heterocycles. The fourth-order valence-electron chi connectivity index (χ4n) is 3.63. The average molecular weight is 453 g/mol. The highest BCUT2D eigenvalue weighted by atomic mass is 35.5. The fourth-order valence-corrected chi connectivity index (χ4v) is 3.63. The Morgan fingerprint density at radius 1 is 0.969 bits per heavy atom. The van der Waals surface area contributed by atoms with Crippen LogP contribution in [0.3, 0.4) is 0 Å². The van der Waals surface area contributed by atoms with Crippen LogP contribution in [0.15, 0.2) is 61.2 Å². The van der Waals surface area contributed by atoms with Crippen molar-refractivity contribution in [3.05, 3.63) is 66.7 Å². The van der Waals surface area contributed by atoms with E-state index in [0.29, 0.717) is 30.0 Å². The second-order valence-electron chi connectivity index (χ2n) is 7.65. The molecule has 0 unspecified atom stereocenters. The molecule has 8 nitrogen and oxygen atoms in total. The summed E-state index contributed by atoms with van der Waals surface area (Å²) >= 11 is 0. The van der Waals surface area contributed by atoms with E-state index in [2.05, 4.69) is 37.4 Å². The zero-order valence-corrected chi connectivity index (χ0v) is 18.7. The number of nitrogens with zero attached hydrogens (tertiary/aromatic N) is 5. The SMILES string of the molecule is Cl.NC1CCCCC1.Nc1nccn2c(-c3ccnc(NCc4ccccc4)n3)cnc12. The maximum Gasteiger partial charge on any atom is 0.223 e. The number of aromatic nitrogens is 5. The van der Waals surface area contributed by atoms with Crippen LogP contribution in [0, 0.1) is 0 Å². The smallest absolute Gasteiger partial charge is 0.223 e. The van der Waals surface area contributed by atoms with Gasteiger partial charge in [-0.1, -0.05) is 49.6 Å². The summed E-state index contributed by atoms with van der Waals surface area (Å²) in [6, 6.07) is 12.5. The molecule has 0 atom stereocenters. The number of benzene rings is 1. The Morgan fingerprint density at radius 2 is 1.75 bits per heavy atom. The minimum atomic E-state index is 0. The normalized spacial score (nSPS) is 13.7. The van der Waals surface area contributed by atoms with E-state index in [1.165, 1.54) is 37.7 Å². The first kappa shape index (κ1) is 23.4. The van der Waals surface area contributed by atoms with Crippen molar-refractivity contribution >= 4 is 29.8 Å². The number of hydrogen-bond acceptors (Lipinski definition) is 7. The summed E-state index contributed by atoms with van der Waals surface area (Å²) in [4.78, 5) is 17.2. The summed E-state index contributed by atoms with van der Waals surface area (Å²) in [6.07, 6.45) is 13.6. The van der Waals surface area contributed by atoms with Crippen LogP contribution in [0.1, 0.15) is 37.7 Å². The number of nitrogens with one attached hydrogen (secondary N) is 1. The number of rotatable bonds is 4. The number of fused-ring (bicyclic) bond motifs is 1. The van der Waals surface area contributed by atoms with Crippen LogP contribution in [-0.2, 0) is 6.54 Å². The Balaban J connectivity index is 0.000000311. The molecule has 9 heteroatoms. The lowest BCUT2D eigenvalue weighted by Crippen LogP contribution is -2.22. The topological polar surface area (TPSA) is 120 Å². The lowest BCUT2D eigenvalue weighted by molar-refractivity contribution is 0.441. The van der Waals surface area contributed by atoms with Crippen LogP contribution in [-0.4, -0.2) is 30.4 Å². The zero-order chi connectivity index (χ0) is 21.5. The first-order valence-electron chi connectivity index (χ1n) is 10.6. The van der Waals surface area contributed by atoms with Crippen LogP contribution in [0.5, 0.6) is 0 Å². The van der Waals surface area contributed by atoms with Crippen molar-refractivity contribution in [3.63, 3.8) is 0 Å². The van der Waals surface area contributed by atoms with Crippen molar-refractivity contribution in [1.29, 1.82) is 0 Å². The second-order valence-corrected chi connectivity index (χ2v) is 7.65. The molecule has 0 radical (unpaired) electrons. The molecule has 0 amide bonds. The summed E-state index contributed by atoms with van der Waals surface area (Å²) in [5.41, 5.74) is 14.9. The number of halogens is 1. The molecule has 32 heavy (non-hydrogen) atoms. The van der Waals surface area contributed by atoms with E-state index in [0.717, 1.165) is 11.4 Å². The molecule has 4 aromatic rings. The van der Waals surface area contributed by atoms with Gasteiger partial charge in [0, 0.05) is 31.2 Å². The predicted octanol–water partition coefficient (Wildman–Crippen LogP) is 4.08. The maximum atomic E-state index is 5.85. The molecule has 5 N–H and O–H groups in total. The average Bonchev–Trinajstić information content (AvgIpc) is 3.25. The van der Waals surface area contributed by atoms with Crippen molar-refractivity contribution in [2.75, 3.05) is 11.1 Å².